The monoisotopic (exact) mass is 283 g/mol. The minimum absolute atomic E-state index is 0.414. The number of benzene rings is 1. The molecule has 0 bridgehead atoms. The first kappa shape index (κ1) is 11.9. The van der Waals surface area contributed by atoms with Crippen LogP contribution in [0.1, 0.15) is 31.9 Å². The molecule has 1 aliphatic rings. The summed E-state index contributed by atoms with van der Waals surface area (Å²) in [5, 5.41) is 9.81. The van der Waals surface area contributed by atoms with Crippen molar-refractivity contribution in [2.45, 2.75) is 26.4 Å². The van der Waals surface area contributed by atoms with E-state index in [4.69, 9.17) is 0 Å². The minimum atomic E-state index is -0.414. The minimum Gasteiger partial charge on any atom is -0.389 e. The van der Waals surface area contributed by atoms with Crippen LogP contribution in [0.5, 0.6) is 0 Å². The summed E-state index contributed by atoms with van der Waals surface area (Å²) in [6.07, 6.45) is 0.832. The predicted octanol–water partition coefficient (Wildman–Crippen LogP) is 3.35. The molecule has 3 heteroatoms. The highest BCUT2D eigenvalue weighted by molar-refractivity contribution is 9.10. The van der Waals surface area contributed by atoms with E-state index in [1.165, 1.54) is 12.1 Å². The number of aliphatic hydroxyl groups is 1. The molecule has 1 heterocycles. The average Bonchev–Trinajstić information content (AvgIpc) is 2.64. The van der Waals surface area contributed by atoms with E-state index >= 15 is 0 Å². The highest BCUT2D eigenvalue weighted by Crippen LogP contribution is 2.32. The fourth-order valence-corrected chi connectivity index (χ4v) is 2.68. The molecule has 1 aromatic carbocycles. The van der Waals surface area contributed by atoms with E-state index in [1.807, 2.05) is 19.1 Å². The molecule has 2 nitrogen and oxygen atoms in total. The van der Waals surface area contributed by atoms with Crippen molar-refractivity contribution in [3.8, 4) is 0 Å². The Balaban J connectivity index is 2.32. The Morgan fingerprint density at radius 2 is 2.25 bits per heavy atom. The van der Waals surface area contributed by atoms with Crippen molar-refractivity contribution in [1.82, 2.24) is 0 Å². The summed E-state index contributed by atoms with van der Waals surface area (Å²) in [5.74, 6) is 0.755. The first-order chi connectivity index (χ1) is 7.58. The van der Waals surface area contributed by atoms with E-state index in [0.29, 0.717) is 0 Å². The van der Waals surface area contributed by atoms with Gasteiger partial charge in [-0.05, 0) is 37.5 Å². The zero-order valence-corrected chi connectivity index (χ0v) is 11.4. The molecule has 1 N–H and O–H groups in total. The lowest BCUT2D eigenvalue weighted by Crippen LogP contribution is -2.21. The zero-order valence-electron chi connectivity index (χ0n) is 9.78. The summed E-state index contributed by atoms with van der Waals surface area (Å²) < 4.78 is 1.03. The molecule has 0 spiro atoms. The maximum absolute atomic E-state index is 9.81. The van der Waals surface area contributed by atoms with Crippen molar-refractivity contribution in [3.05, 3.63) is 28.2 Å². The third-order valence-electron chi connectivity index (χ3n) is 3.20. The van der Waals surface area contributed by atoms with Crippen molar-refractivity contribution in [1.29, 1.82) is 0 Å². The summed E-state index contributed by atoms with van der Waals surface area (Å²) >= 11 is 3.46. The van der Waals surface area contributed by atoms with Gasteiger partial charge in [0.25, 0.3) is 0 Å². The smallest absolute Gasteiger partial charge is 0.0782 e. The van der Waals surface area contributed by atoms with Crippen molar-refractivity contribution >= 4 is 21.6 Å². The van der Waals surface area contributed by atoms with Gasteiger partial charge in [-0.1, -0.05) is 22.9 Å². The van der Waals surface area contributed by atoms with Crippen LogP contribution in [0.4, 0.5) is 5.69 Å². The Bertz CT molecular complexity index is 378. The van der Waals surface area contributed by atoms with Crippen LogP contribution in [0.2, 0.25) is 0 Å². The molecule has 88 valence electrons. The summed E-state index contributed by atoms with van der Waals surface area (Å²) in [5.41, 5.74) is 2.20. The fourth-order valence-electron chi connectivity index (χ4n) is 2.30. The third kappa shape index (κ3) is 2.41. The van der Waals surface area contributed by atoms with Gasteiger partial charge in [0, 0.05) is 28.8 Å². The standard InChI is InChI=1S/C13H18BrNO/c1-9-5-6-15(8-9)13-4-3-11(14)7-12(13)10(2)16/h3-4,7,9-10,16H,5-6,8H2,1-2H3. The highest BCUT2D eigenvalue weighted by atomic mass is 79.9. The van der Waals surface area contributed by atoms with E-state index in [9.17, 15) is 5.11 Å². The van der Waals surface area contributed by atoms with Crippen molar-refractivity contribution in [2.75, 3.05) is 18.0 Å². The van der Waals surface area contributed by atoms with Crippen LogP contribution in [0.25, 0.3) is 0 Å². The molecular weight excluding hydrogens is 266 g/mol. The molecule has 0 aliphatic carbocycles. The van der Waals surface area contributed by atoms with Gasteiger partial charge in [0.2, 0.25) is 0 Å². The number of hydrogen-bond acceptors (Lipinski definition) is 2. The van der Waals surface area contributed by atoms with Crippen LogP contribution >= 0.6 is 15.9 Å². The van der Waals surface area contributed by atoms with Crippen LogP contribution in [0.3, 0.4) is 0 Å². The third-order valence-corrected chi connectivity index (χ3v) is 3.70. The maximum atomic E-state index is 9.81. The number of hydrogen-bond donors (Lipinski definition) is 1. The predicted molar refractivity (Wildman–Crippen MR) is 70.8 cm³/mol. The van der Waals surface area contributed by atoms with E-state index in [0.717, 1.165) is 29.0 Å². The molecule has 1 fully saturated rings. The average molecular weight is 284 g/mol. The molecule has 0 amide bonds. The second-order valence-corrected chi connectivity index (χ2v) is 5.63. The van der Waals surface area contributed by atoms with Gasteiger partial charge in [-0.2, -0.15) is 0 Å². The fraction of sp³-hybridized carbons (Fsp3) is 0.538. The number of halogens is 1. The van der Waals surface area contributed by atoms with Gasteiger partial charge in [-0.3, -0.25) is 0 Å². The molecule has 0 radical (unpaired) electrons. The lowest BCUT2D eigenvalue weighted by Gasteiger charge is -2.23. The molecule has 1 aliphatic heterocycles. The largest absolute Gasteiger partial charge is 0.389 e. The van der Waals surface area contributed by atoms with Crippen molar-refractivity contribution in [3.63, 3.8) is 0 Å². The molecule has 1 aromatic rings. The van der Waals surface area contributed by atoms with Crippen LogP contribution in [0, 0.1) is 5.92 Å². The number of rotatable bonds is 2. The quantitative estimate of drug-likeness (QED) is 0.900. The van der Waals surface area contributed by atoms with E-state index < -0.39 is 6.10 Å². The zero-order chi connectivity index (χ0) is 11.7. The lowest BCUT2D eigenvalue weighted by molar-refractivity contribution is 0.199. The Labute approximate surface area is 105 Å². The van der Waals surface area contributed by atoms with E-state index in [1.54, 1.807) is 0 Å². The lowest BCUT2D eigenvalue weighted by atomic mass is 10.1. The number of nitrogens with zero attached hydrogens (tertiary/aromatic N) is 1. The Hall–Kier alpha value is -0.540. The molecular formula is C13H18BrNO. The Morgan fingerprint density at radius 3 is 2.81 bits per heavy atom. The van der Waals surface area contributed by atoms with Gasteiger partial charge >= 0.3 is 0 Å². The van der Waals surface area contributed by atoms with Gasteiger partial charge in [-0.15, -0.1) is 0 Å². The highest BCUT2D eigenvalue weighted by Gasteiger charge is 2.22. The summed E-state index contributed by atoms with van der Waals surface area (Å²) in [6, 6.07) is 6.16. The Kier molecular flexibility index (Phi) is 3.55. The molecule has 0 aromatic heterocycles. The van der Waals surface area contributed by atoms with Gasteiger partial charge in [0.05, 0.1) is 6.10 Å². The van der Waals surface area contributed by atoms with E-state index in [2.05, 4.69) is 33.8 Å². The topological polar surface area (TPSA) is 23.5 Å². The SMILES string of the molecule is CC1CCN(c2ccc(Br)cc2C(C)O)C1. The first-order valence-electron chi connectivity index (χ1n) is 5.80. The van der Waals surface area contributed by atoms with Gasteiger partial charge in [0.15, 0.2) is 0 Å². The summed E-state index contributed by atoms with van der Waals surface area (Å²) in [4.78, 5) is 2.37. The molecule has 1 saturated heterocycles. The van der Waals surface area contributed by atoms with Crippen molar-refractivity contribution in [2.24, 2.45) is 5.92 Å². The second kappa shape index (κ2) is 4.76. The van der Waals surface area contributed by atoms with E-state index in [-0.39, 0.29) is 0 Å². The van der Waals surface area contributed by atoms with Gasteiger partial charge in [-0.25, -0.2) is 0 Å². The normalized spacial score (nSPS) is 22.5. The van der Waals surface area contributed by atoms with Crippen LogP contribution in [-0.2, 0) is 0 Å². The Morgan fingerprint density at radius 1 is 1.50 bits per heavy atom. The first-order valence-corrected chi connectivity index (χ1v) is 6.59. The van der Waals surface area contributed by atoms with Gasteiger partial charge in [0.1, 0.15) is 0 Å². The summed E-state index contributed by atoms with van der Waals surface area (Å²) in [7, 11) is 0. The summed E-state index contributed by atoms with van der Waals surface area (Å²) in [6.45, 7) is 6.30. The molecule has 2 atom stereocenters. The molecule has 0 saturated carbocycles. The van der Waals surface area contributed by atoms with Crippen LogP contribution in [-0.4, -0.2) is 18.2 Å². The van der Waals surface area contributed by atoms with Gasteiger partial charge < -0.3 is 10.0 Å². The molecule has 2 unspecified atom stereocenters. The maximum Gasteiger partial charge on any atom is 0.0782 e. The second-order valence-electron chi connectivity index (χ2n) is 4.72. The molecule has 16 heavy (non-hydrogen) atoms. The van der Waals surface area contributed by atoms with Crippen LogP contribution < -0.4 is 4.90 Å². The van der Waals surface area contributed by atoms with Crippen LogP contribution in [0.15, 0.2) is 22.7 Å². The molecule has 2 rings (SSSR count). The van der Waals surface area contributed by atoms with Crippen molar-refractivity contribution < 1.29 is 5.11 Å². The number of anilines is 1. The number of aliphatic hydroxyl groups excluding tert-OH is 1.